The molecule has 1 heterocycles. The molecule has 1 aliphatic rings. The molecule has 1 aliphatic heterocycles. The van der Waals surface area contributed by atoms with E-state index in [4.69, 9.17) is 4.74 Å². The lowest BCUT2D eigenvalue weighted by Crippen LogP contribution is -2.55. The van der Waals surface area contributed by atoms with Crippen molar-refractivity contribution < 1.29 is 14.6 Å². The van der Waals surface area contributed by atoms with Crippen LogP contribution in [-0.2, 0) is 4.74 Å². The lowest BCUT2D eigenvalue weighted by Gasteiger charge is -2.45. The molecule has 0 radical (unpaired) electrons. The largest absolute Gasteiger partial charge is 0.394 e. The molecule has 0 aliphatic carbocycles. The van der Waals surface area contributed by atoms with Crippen LogP contribution in [0.5, 0.6) is 0 Å². The monoisotopic (exact) mass is 301 g/mol. The Labute approximate surface area is 128 Å². The predicted octanol–water partition coefficient (Wildman–Crippen LogP) is 0.803. The summed E-state index contributed by atoms with van der Waals surface area (Å²) in [7, 11) is 3.72. The zero-order valence-corrected chi connectivity index (χ0v) is 13.8. The lowest BCUT2D eigenvalue weighted by molar-refractivity contribution is 0.0596. The molecule has 3 N–H and O–H groups in total. The number of likely N-dealkylation sites (tertiary alicyclic amines) is 1. The molecule has 124 valence electrons. The van der Waals surface area contributed by atoms with Crippen molar-refractivity contribution in [2.24, 2.45) is 5.41 Å². The second kappa shape index (κ2) is 8.56. The minimum absolute atomic E-state index is 0.0778. The van der Waals surface area contributed by atoms with E-state index in [1.54, 1.807) is 7.11 Å². The molecule has 6 heteroatoms. The number of urea groups is 1. The third-order valence-electron chi connectivity index (χ3n) is 4.45. The fourth-order valence-electron chi connectivity index (χ4n) is 3.03. The van der Waals surface area contributed by atoms with Crippen LogP contribution >= 0.6 is 0 Å². The molecule has 1 fully saturated rings. The second-order valence-electron chi connectivity index (χ2n) is 6.60. The highest BCUT2D eigenvalue weighted by Crippen LogP contribution is 2.33. The minimum Gasteiger partial charge on any atom is -0.394 e. The standard InChI is InChI=1S/C15H31N3O3/c1-15(2)7-5-8-18(3)13(15)10-16-14(20)17-12(11-19)6-9-21-4/h12-13,19H,5-11H2,1-4H3,(H2,16,17,20)/t12-,13-/m1/s1. The molecule has 0 bridgehead atoms. The van der Waals surface area contributed by atoms with Crippen molar-refractivity contribution in [3.05, 3.63) is 0 Å². The van der Waals surface area contributed by atoms with Gasteiger partial charge in [0.15, 0.2) is 0 Å². The van der Waals surface area contributed by atoms with Gasteiger partial charge in [-0.25, -0.2) is 4.79 Å². The van der Waals surface area contributed by atoms with E-state index in [1.807, 2.05) is 0 Å². The Morgan fingerprint density at radius 3 is 2.81 bits per heavy atom. The van der Waals surface area contributed by atoms with E-state index in [9.17, 15) is 9.90 Å². The number of amides is 2. The Hall–Kier alpha value is -0.850. The van der Waals surface area contributed by atoms with Gasteiger partial charge in [-0.3, -0.25) is 0 Å². The molecule has 2 amide bonds. The van der Waals surface area contributed by atoms with Gasteiger partial charge in [-0.2, -0.15) is 0 Å². The van der Waals surface area contributed by atoms with E-state index in [0.717, 1.165) is 6.54 Å². The van der Waals surface area contributed by atoms with E-state index in [0.29, 0.717) is 25.6 Å². The number of nitrogens with one attached hydrogen (secondary N) is 2. The number of methoxy groups -OCH3 is 1. The van der Waals surface area contributed by atoms with Crippen LogP contribution in [0.4, 0.5) is 4.79 Å². The number of carbonyl (C=O) groups excluding carboxylic acids is 1. The van der Waals surface area contributed by atoms with E-state index >= 15 is 0 Å². The van der Waals surface area contributed by atoms with E-state index in [-0.39, 0.29) is 24.1 Å². The molecule has 0 aromatic carbocycles. The number of aliphatic hydroxyl groups is 1. The number of piperidine rings is 1. The molecular weight excluding hydrogens is 270 g/mol. The van der Waals surface area contributed by atoms with Gasteiger partial charge in [0, 0.05) is 26.3 Å². The third kappa shape index (κ3) is 5.80. The number of hydrogen-bond acceptors (Lipinski definition) is 4. The zero-order chi connectivity index (χ0) is 15.9. The first kappa shape index (κ1) is 18.2. The van der Waals surface area contributed by atoms with Gasteiger partial charge in [-0.05, 0) is 38.3 Å². The van der Waals surface area contributed by atoms with Crippen molar-refractivity contribution in [1.29, 1.82) is 0 Å². The van der Waals surface area contributed by atoms with E-state index < -0.39 is 0 Å². The fourth-order valence-corrected chi connectivity index (χ4v) is 3.03. The summed E-state index contributed by atoms with van der Waals surface area (Å²) in [6, 6.07) is -0.148. The Kier molecular flexibility index (Phi) is 7.42. The molecule has 2 atom stereocenters. The summed E-state index contributed by atoms with van der Waals surface area (Å²) in [4.78, 5) is 14.3. The topological polar surface area (TPSA) is 73.8 Å². The van der Waals surface area contributed by atoms with Crippen LogP contribution in [0.3, 0.4) is 0 Å². The van der Waals surface area contributed by atoms with E-state index in [1.165, 1.54) is 12.8 Å². The Balaban J connectivity index is 2.40. The number of carbonyl (C=O) groups is 1. The second-order valence-corrected chi connectivity index (χ2v) is 6.60. The molecule has 21 heavy (non-hydrogen) atoms. The first-order valence-electron chi connectivity index (χ1n) is 7.75. The summed E-state index contributed by atoms with van der Waals surface area (Å²) in [6.45, 7) is 6.64. The summed E-state index contributed by atoms with van der Waals surface area (Å²) < 4.78 is 4.96. The first-order valence-corrected chi connectivity index (χ1v) is 7.75. The molecule has 0 aromatic heterocycles. The Morgan fingerprint density at radius 2 is 2.24 bits per heavy atom. The van der Waals surface area contributed by atoms with Crippen LogP contribution in [0.25, 0.3) is 0 Å². The summed E-state index contributed by atoms with van der Waals surface area (Å²) >= 11 is 0. The van der Waals surface area contributed by atoms with Gasteiger partial charge in [0.2, 0.25) is 0 Å². The van der Waals surface area contributed by atoms with Crippen LogP contribution in [0.2, 0.25) is 0 Å². The van der Waals surface area contributed by atoms with Crippen molar-refractivity contribution in [2.45, 2.75) is 45.2 Å². The van der Waals surface area contributed by atoms with Crippen LogP contribution < -0.4 is 10.6 Å². The van der Waals surface area contributed by atoms with Crippen LogP contribution in [0.1, 0.15) is 33.1 Å². The zero-order valence-electron chi connectivity index (χ0n) is 13.8. The molecule has 1 saturated heterocycles. The Bertz CT molecular complexity index is 323. The highest BCUT2D eigenvalue weighted by molar-refractivity contribution is 5.74. The average Bonchev–Trinajstić information content (AvgIpc) is 2.42. The number of rotatable bonds is 7. The molecule has 0 saturated carbocycles. The molecular formula is C15H31N3O3. The third-order valence-corrected chi connectivity index (χ3v) is 4.45. The minimum atomic E-state index is -0.262. The number of aliphatic hydroxyl groups excluding tert-OH is 1. The van der Waals surface area contributed by atoms with Gasteiger partial charge in [0.05, 0.1) is 12.6 Å². The maximum atomic E-state index is 11.9. The SMILES string of the molecule is COCC[C@H](CO)NC(=O)NC[C@H]1N(C)CCCC1(C)C. The van der Waals surface area contributed by atoms with Crippen LogP contribution in [0, 0.1) is 5.41 Å². The quantitative estimate of drug-likeness (QED) is 0.650. The Morgan fingerprint density at radius 1 is 1.52 bits per heavy atom. The predicted molar refractivity (Wildman–Crippen MR) is 83.3 cm³/mol. The van der Waals surface area contributed by atoms with Gasteiger partial charge in [-0.15, -0.1) is 0 Å². The lowest BCUT2D eigenvalue weighted by atomic mass is 9.76. The summed E-state index contributed by atoms with van der Waals surface area (Å²) in [6.07, 6.45) is 2.99. The van der Waals surface area contributed by atoms with Crippen LogP contribution in [-0.4, -0.2) is 68.6 Å². The van der Waals surface area contributed by atoms with Crippen LogP contribution in [0.15, 0.2) is 0 Å². The van der Waals surface area contributed by atoms with Gasteiger partial charge in [0.1, 0.15) is 0 Å². The number of ether oxygens (including phenoxy) is 1. The normalized spacial score (nSPS) is 23.6. The maximum Gasteiger partial charge on any atom is 0.315 e. The first-order chi connectivity index (χ1) is 9.90. The molecule has 0 spiro atoms. The number of likely N-dealkylation sites (N-methyl/N-ethyl adjacent to an activating group) is 1. The van der Waals surface area contributed by atoms with Crippen molar-refractivity contribution in [1.82, 2.24) is 15.5 Å². The van der Waals surface area contributed by atoms with E-state index in [2.05, 4.69) is 36.4 Å². The highest BCUT2D eigenvalue weighted by Gasteiger charge is 2.35. The smallest absolute Gasteiger partial charge is 0.315 e. The molecule has 6 nitrogen and oxygen atoms in total. The highest BCUT2D eigenvalue weighted by atomic mass is 16.5. The van der Waals surface area contributed by atoms with Crippen molar-refractivity contribution >= 4 is 6.03 Å². The van der Waals surface area contributed by atoms with Crippen molar-refractivity contribution in [2.75, 3.05) is 40.5 Å². The summed E-state index contributed by atoms with van der Waals surface area (Å²) in [5.41, 5.74) is 0.201. The van der Waals surface area contributed by atoms with Crippen molar-refractivity contribution in [3.8, 4) is 0 Å². The van der Waals surface area contributed by atoms with Gasteiger partial charge in [0.25, 0.3) is 0 Å². The summed E-state index contributed by atoms with van der Waals surface area (Å²) in [5, 5.41) is 15.0. The maximum absolute atomic E-state index is 11.9. The molecule has 0 aromatic rings. The van der Waals surface area contributed by atoms with Gasteiger partial charge >= 0.3 is 6.03 Å². The molecule has 0 unspecified atom stereocenters. The number of hydrogen-bond donors (Lipinski definition) is 3. The number of nitrogens with zero attached hydrogens (tertiary/aromatic N) is 1. The molecule has 1 rings (SSSR count). The average molecular weight is 301 g/mol. The van der Waals surface area contributed by atoms with Gasteiger partial charge in [-0.1, -0.05) is 13.8 Å². The summed E-state index contributed by atoms with van der Waals surface area (Å²) in [5.74, 6) is 0. The van der Waals surface area contributed by atoms with Crippen molar-refractivity contribution in [3.63, 3.8) is 0 Å². The fraction of sp³-hybridized carbons (Fsp3) is 0.933. The van der Waals surface area contributed by atoms with Gasteiger partial charge < -0.3 is 25.4 Å².